The van der Waals surface area contributed by atoms with Gasteiger partial charge in [0.05, 0.1) is 33.5 Å². The first-order valence-corrected chi connectivity index (χ1v) is 18.6. The molecule has 0 bridgehead atoms. The fraction of sp³-hybridized carbons (Fsp3) is 0. The maximum absolute atomic E-state index is 5.26. The zero-order valence-electron chi connectivity index (χ0n) is 30.0. The SMILES string of the molecule is c1ccc(-c2cc(-c3ccccc3)nc(-n3c4ccccc4c4c5c6ccccc6n(-c6nc(-c7ccccc7)nc(-c7ccccc7)n6)c5ccc43)n2)cc1. The average Bonchev–Trinajstić information content (AvgIpc) is 3.80. The molecule has 4 aromatic heterocycles. The fourth-order valence-electron chi connectivity index (χ4n) is 7.89. The molecule has 0 fully saturated rings. The highest BCUT2D eigenvalue weighted by Crippen LogP contribution is 2.42. The first-order chi connectivity index (χ1) is 27.8. The summed E-state index contributed by atoms with van der Waals surface area (Å²) in [5.74, 6) is 2.39. The number of benzene rings is 7. The van der Waals surface area contributed by atoms with Crippen molar-refractivity contribution < 1.29 is 0 Å². The van der Waals surface area contributed by atoms with E-state index in [1.165, 1.54) is 0 Å². The van der Waals surface area contributed by atoms with Crippen molar-refractivity contribution in [2.24, 2.45) is 0 Å². The molecule has 0 saturated carbocycles. The third kappa shape index (κ3) is 5.17. The molecule has 0 unspecified atom stereocenters. The second kappa shape index (κ2) is 13.0. The van der Waals surface area contributed by atoms with Crippen LogP contribution < -0.4 is 0 Å². The zero-order chi connectivity index (χ0) is 37.0. The van der Waals surface area contributed by atoms with Crippen LogP contribution in [0.4, 0.5) is 0 Å². The molecule has 0 aliphatic heterocycles. The van der Waals surface area contributed by atoms with Gasteiger partial charge < -0.3 is 0 Å². The minimum Gasteiger partial charge on any atom is -0.278 e. The Morgan fingerprint density at radius 1 is 0.286 bits per heavy atom. The van der Waals surface area contributed by atoms with Crippen molar-refractivity contribution in [1.29, 1.82) is 0 Å². The van der Waals surface area contributed by atoms with Gasteiger partial charge in [-0.2, -0.15) is 9.97 Å². The van der Waals surface area contributed by atoms with Gasteiger partial charge in [0.25, 0.3) is 0 Å². The Hall–Kier alpha value is -7.77. The Balaban J connectivity index is 1.22. The Bertz CT molecular complexity index is 2890. The van der Waals surface area contributed by atoms with Gasteiger partial charge in [0, 0.05) is 43.8 Å². The van der Waals surface area contributed by atoms with Crippen LogP contribution in [0, 0.1) is 0 Å². The molecule has 7 aromatic carbocycles. The molecule has 0 N–H and O–H groups in total. The lowest BCUT2D eigenvalue weighted by atomic mass is 10.1. The summed E-state index contributed by atoms with van der Waals surface area (Å²) in [5, 5.41) is 4.43. The predicted molar refractivity (Wildman–Crippen MR) is 226 cm³/mol. The van der Waals surface area contributed by atoms with Crippen LogP contribution in [-0.4, -0.2) is 34.1 Å². The van der Waals surface area contributed by atoms with E-state index < -0.39 is 0 Å². The molecule has 56 heavy (non-hydrogen) atoms. The second-order valence-electron chi connectivity index (χ2n) is 13.7. The minimum absolute atomic E-state index is 0.554. The number of para-hydroxylation sites is 2. The van der Waals surface area contributed by atoms with Gasteiger partial charge in [-0.15, -0.1) is 0 Å². The summed E-state index contributed by atoms with van der Waals surface area (Å²) in [5.41, 5.74) is 9.65. The van der Waals surface area contributed by atoms with E-state index in [0.29, 0.717) is 23.5 Å². The molecule has 262 valence electrons. The van der Waals surface area contributed by atoms with Crippen LogP contribution in [0.5, 0.6) is 0 Å². The summed E-state index contributed by atoms with van der Waals surface area (Å²) in [6, 6.07) is 64.3. The molecule has 0 spiro atoms. The molecule has 0 radical (unpaired) electrons. The van der Waals surface area contributed by atoms with Crippen LogP contribution in [0.2, 0.25) is 0 Å². The van der Waals surface area contributed by atoms with Crippen molar-refractivity contribution in [2.75, 3.05) is 0 Å². The molecule has 0 atom stereocenters. The third-order valence-corrected chi connectivity index (χ3v) is 10.4. The van der Waals surface area contributed by atoms with Crippen molar-refractivity contribution in [3.8, 4) is 57.2 Å². The van der Waals surface area contributed by atoms with Crippen LogP contribution >= 0.6 is 0 Å². The zero-order valence-corrected chi connectivity index (χ0v) is 30.0. The van der Waals surface area contributed by atoms with Crippen molar-refractivity contribution >= 4 is 43.6 Å². The smallest absolute Gasteiger partial charge is 0.238 e. The Morgan fingerprint density at radius 3 is 1.07 bits per heavy atom. The largest absolute Gasteiger partial charge is 0.278 e. The van der Waals surface area contributed by atoms with E-state index in [-0.39, 0.29) is 0 Å². The fourth-order valence-corrected chi connectivity index (χ4v) is 7.89. The highest BCUT2D eigenvalue weighted by atomic mass is 15.2. The molecular weight excluding hydrogens is 687 g/mol. The minimum atomic E-state index is 0.554. The lowest BCUT2D eigenvalue weighted by Crippen LogP contribution is -2.06. The molecule has 0 aliphatic rings. The van der Waals surface area contributed by atoms with Gasteiger partial charge in [-0.25, -0.2) is 15.0 Å². The van der Waals surface area contributed by atoms with Gasteiger partial charge in [0.15, 0.2) is 11.6 Å². The summed E-state index contributed by atoms with van der Waals surface area (Å²) in [6.45, 7) is 0. The van der Waals surface area contributed by atoms with Gasteiger partial charge in [0.1, 0.15) is 0 Å². The molecule has 11 rings (SSSR count). The molecule has 4 heterocycles. The Kier molecular flexibility index (Phi) is 7.35. The van der Waals surface area contributed by atoms with E-state index in [9.17, 15) is 0 Å². The summed E-state index contributed by atoms with van der Waals surface area (Å²) in [6.07, 6.45) is 0. The average molecular weight is 718 g/mol. The van der Waals surface area contributed by atoms with E-state index in [0.717, 1.165) is 77.3 Å². The lowest BCUT2D eigenvalue weighted by Gasteiger charge is -2.12. The molecular formula is C49H31N7. The van der Waals surface area contributed by atoms with Crippen molar-refractivity contribution in [3.63, 3.8) is 0 Å². The highest BCUT2D eigenvalue weighted by molar-refractivity contribution is 6.28. The molecule has 7 nitrogen and oxygen atoms in total. The van der Waals surface area contributed by atoms with Crippen LogP contribution in [0.25, 0.3) is 101 Å². The van der Waals surface area contributed by atoms with E-state index in [4.69, 9.17) is 24.9 Å². The van der Waals surface area contributed by atoms with Gasteiger partial charge in [-0.1, -0.05) is 158 Å². The Labute approximate surface area is 321 Å². The lowest BCUT2D eigenvalue weighted by molar-refractivity contribution is 0.953. The highest BCUT2D eigenvalue weighted by Gasteiger charge is 2.23. The molecule has 0 amide bonds. The summed E-state index contributed by atoms with van der Waals surface area (Å²) < 4.78 is 4.38. The monoisotopic (exact) mass is 717 g/mol. The molecule has 0 aliphatic carbocycles. The number of hydrogen-bond acceptors (Lipinski definition) is 5. The van der Waals surface area contributed by atoms with Gasteiger partial charge in [-0.05, 0) is 30.3 Å². The standard InChI is InChI=1S/C49H31N7/c1-5-17-32(18-6-1)38-31-39(33-19-7-2-8-20-33)51-48(50-38)55-40-27-15-13-25-36(40)44-42(55)29-30-43-45(44)37-26-14-16-28-41(37)56(43)49-53-46(34-21-9-3-10-22-34)52-47(54-49)35-23-11-4-12-24-35/h1-31H. The topological polar surface area (TPSA) is 74.3 Å². The van der Waals surface area contributed by atoms with Crippen LogP contribution in [0.1, 0.15) is 0 Å². The maximum atomic E-state index is 5.26. The first-order valence-electron chi connectivity index (χ1n) is 18.6. The first kappa shape index (κ1) is 31.7. The maximum Gasteiger partial charge on any atom is 0.238 e. The van der Waals surface area contributed by atoms with Crippen molar-refractivity contribution in [2.45, 2.75) is 0 Å². The number of aromatic nitrogens is 7. The summed E-state index contributed by atoms with van der Waals surface area (Å²) >= 11 is 0. The molecule has 11 aromatic rings. The van der Waals surface area contributed by atoms with E-state index in [1.807, 2.05) is 97.1 Å². The molecule has 0 saturated heterocycles. The third-order valence-electron chi connectivity index (χ3n) is 10.4. The van der Waals surface area contributed by atoms with Crippen LogP contribution in [0.15, 0.2) is 188 Å². The number of rotatable bonds is 6. The van der Waals surface area contributed by atoms with E-state index in [1.54, 1.807) is 0 Å². The summed E-state index contributed by atoms with van der Waals surface area (Å²) in [7, 11) is 0. The van der Waals surface area contributed by atoms with Crippen molar-refractivity contribution in [1.82, 2.24) is 34.1 Å². The predicted octanol–water partition coefficient (Wildman–Crippen LogP) is 11.5. The van der Waals surface area contributed by atoms with Crippen LogP contribution in [-0.2, 0) is 0 Å². The number of nitrogens with zero attached hydrogens (tertiary/aromatic N) is 7. The quantitative estimate of drug-likeness (QED) is 0.171. The molecule has 7 heteroatoms. The van der Waals surface area contributed by atoms with Gasteiger partial charge in [0.2, 0.25) is 11.9 Å². The summed E-state index contributed by atoms with van der Waals surface area (Å²) in [4.78, 5) is 25.8. The van der Waals surface area contributed by atoms with E-state index in [2.05, 4.69) is 100 Å². The second-order valence-corrected chi connectivity index (χ2v) is 13.7. The number of fused-ring (bicyclic) bond motifs is 7. The van der Waals surface area contributed by atoms with E-state index >= 15 is 0 Å². The normalized spacial score (nSPS) is 11.6. The van der Waals surface area contributed by atoms with Crippen LogP contribution in [0.3, 0.4) is 0 Å². The van der Waals surface area contributed by atoms with Gasteiger partial charge in [-0.3, -0.25) is 9.13 Å². The van der Waals surface area contributed by atoms with Gasteiger partial charge >= 0.3 is 0 Å². The van der Waals surface area contributed by atoms with Crippen molar-refractivity contribution in [3.05, 3.63) is 188 Å². The Morgan fingerprint density at radius 2 is 0.643 bits per heavy atom. The number of hydrogen-bond donors (Lipinski definition) is 0.